The lowest BCUT2D eigenvalue weighted by Gasteiger charge is -2.56. The summed E-state index contributed by atoms with van der Waals surface area (Å²) >= 11 is 0. The van der Waals surface area contributed by atoms with Crippen LogP contribution in [-0.4, -0.2) is 31.1 Å². The zero-order valence-electron chi connectivity index (χ0n) is 21.9. The van der Waals surface area contributed by atoms with E-state index >= 15 is 0 Å². The fraction of sp³-hybridized carbons (Fsp3) is 0.828. The highest BCUT2D eigenvalue weighted by Gasteiger charge is 2.58. The van der Waals surface area contributed by atoms with Crippen LogP contribution in [0, 0.1) is 46.8 Å². The van der Waals surface area contributed by atoms with E-state index in [4.69, 9.17) is 16.3 Å². The molecule has 0 saturated heterocycles. The Labute approximate surface area is 207 Å². The van der Waals surface area contributed by atoms with E-state index in [9.17, 15) is 4.79 Å². The Morgan fingerprint density at radius 1 is 1.12 bits per heavy atom. The van der Waals surface area contributed by atoms with E-state index in [-0.39, 0.29) is 17.9 Å². The number of methoxy groups -OCH3 is 1. The summed E-state index contributed by atoms with van der Waals surface area (Å²) < 4.78 is 5.49. The van der Waals surface area contributed by atoms with E-state index in [2.05, 4.69) is 20.4 Å². The Morgan fingerprint density at radius 3 is 2.59 bits per heavy atom. The summed E-state index contributed by atoms with van der Waals surface area (Å²) in [6.07, 6.45) is 15.0. The Balaban J connectivity index is 1.42. The lowest BCUT2D eigenvalue weighted by Crippen LogP contribution is -2.50. The largest absolute Gasteiger partial charge is 0.400 e. The van der Waals surface area contributed by atoms with Crippen LogP contribution in [0.5, 0.6) is 0 Å². The van der Waals surface area contributed by atoms with Gasteiger partial charge in [0.25, 0.3) is 0 Å². The van der Waals surface area contributed by atoms with Gasteiger partial charge in [-0.2, -0.15) is 0 Å². The van der Waals surface area contributed by atoms with Gasteiger partial charge in [-0.3, -0.25) is 4.79 Å². The van der Waals surface area contributed by atoms with E-state index in [1.807, 2.05) is 7.11 Å². The molecule has 4 N–H and O–H groups in total. The van der Waals surface area contributed by atoms with Crippen molar-refractivity contribution in [3.63, 3.8) is 0 Å². The van der Waals surface area contributed by atoms with Gasteiger partial charge in [0.05, 0.1) is 12.2 Å². The fourth-order valence-electron chi connectivity index (χ4n) is 9.06. The van der Waals surface area contributed by atoms with Crippen LogP contribution < -0.4 is 11.6 Å². The molecule has 4 aliphatic rings. The number of allylic oxidation sites excluding steroid dienone is 2. The smallest absolute Gasteiger partial charge is 0.157 e. The van der Waals surface area contributed by atoms with Crippen molar-refractivity contribution in [2.24, 2.45) is 58.4 Å². The van der Waals surface area contributed by atoms with Crippen LogP contribution in [0.15, 0.2) is 24.0 Å². The summed E-state index contributed by atoms with van der Waals surface area (Å²) in [4.78, 5) is 13.6. The number of ether oxygens (including phenoxy) is 1. The molecule has 192 valence electrons. The molecule has 4 fully saturated rings. The third-order valence-electron chi connectivity index (χ3n) is 10.5. The number of hydrogen-bond donors (Lipinski definition) is 2. The lowest BCUT2D eigenvalue weighted by atomic mass is 9.49. The summed E-state index contributed by atoms with van der Waals surface area (Å²) in [5.74, 6) is 11.7. The summed E-state index contributed by atoms with van der Waals surface area (Å²) in [7, 11) is 1.85. The number of Topliss-reactive ketones (excluding diaryl/α,β-unsaturated/α-hetero) is 1. The SMILES string of the molecule is C=C/C(=C(/N)CCC)N(N)CC(=O)[C@H]1CCC2[C@@H]3CC[C@@H]4C[C@@H](COC)CC[C@@H]4C3CC[C@@]21C. The molecule has 0 spiro atoms. The maximum atomic E-state index is 13.6. The molecule has 0 aromatic rings. The number of carbonyl (C=O) groups excluding carboxylic acids is 1. The Hall–Kier alpha value is -1.33. The lowest BCUT2D eigenvalue weighted by molar-refractivity contribution is -0.131. The monoisotopic (exact) mass is 471 g/mol. The highest BCUT2D eigenvalue weighted by atomic mass is 16.5. The quantitative estimate of drug-likeness (QED) is 0.267. The molecular formula is C29H49N3O2. The molecule has 0 aromatic heterocycles. The Bertz CT molecular complexity index is 779. The molecule has 0 radical (unpaired) electrons. The molecule has 0 bridgehead atoms. The summed E-state index contributed by atoms with van der Waals surface area (Å²) in [5, 5.41) is 1.55. The van der Waals surface area contributed by atoms with Crippen molar-refractivity contribution in [3.05, 3.63) is 24.0 Å². The third-order valence-corrected chi connectivity index (χ3v) is 10.5. The Morgan fingerprint density at radius 2 is 1.88 bits per heavy atom. The van der Waals surface area contributed by atoms with Crippen molar-refractivity contribution in [3.8, 4) is 0 Å². The molecule has 5 nitrogen and oxygen atoms in total. The van der Waals surface area contributed by atoms with Gasteiger partial charge >= 0.3 is 0 Å². The normalized spacial score (nSPS) is 39.9. The number of fused-ring (bicyclic) bond motifs is 5. The highest BCUT2D eigenvalue weighted by molar-refractivity contribution is 5.84. The molecule has 0 aliphatic heterocycles. The molecule has 2 unspecified atom stereocenters. The van der Waals surface area contributed by atoms with E-state index in [0.29, 0.717) is 17.4 Å². The second-order valence-corrected chi connectivity index (χ2v) is 12.2. The van der Waals surface area contributed by atoms with Gasteiger partial charge in [-0.05, 0) is 111 Å². The van der Waals surface area contributed by atoms with Crippen molar-refractivity contribution in [2.75, 3.05) is 20.3 Å². The summed E-state index contributed by atoms with van der Waals surface area (Å²) in [6.45, 7) is 9.58. The van der Waals surface area contributed by atoms with Gasteiger partial charge in [0, 0.05) is 25.3 Å². The molecule has 4 aliphatic carbocycles. The van der Waals surface area contributed by atoms with Crippen molar-refractivity contribution in [1.29, 1.82) is 0 Å². The zero-order valence-corrected chi connectivity index (χ0v) is 21.9. The minimum absolute atomic E-state index is 0.123. The average Bonchev–Trinajstić information content (AvgIpc) is 3.17. The number of nitrogens with two attached hydrogens (primary N) is 2. The fourth-order valence-corrected chi connectivity index (χ4v) is 9.06. The first-order valence-corrected chi connectivity index (χ1v) is 14.0. The maximum Gasteiger partial charge on any atom is 0.157 e. The van der Waals surface area contributed by atoms with Crippen LogP contribution in [-0.2, 0) is 9.53 Å². The van der Waals surface area contributed by atoms with Crippen LogP contribution in [0.4, 0.5) is 0 Å². The molecule has 8 atom stereocenters. The topological polar surface area (TPSA) is 81.6 Å². The molecule has 0 heterocycles. The van der Waals surface area contributed by atoms with Crippen molar-refractivity contribution < 1.29 is 9.53 Å². The molecular weight excluding hydrogens is 422 g/mol. The van der Waals surface area contributed by atoms with Crippen molar-refractivity contribution in [1.82, 2.24) is 5.01 Å². The number of hydrogen-bond acceptors (Lipinski definition) is 5. The predicted molar refractivity (Wildman–Crippen MR) is 138 cm³/mol. The van der Waals surface area contributed by atoms with Crippen LogP contribution >= 0.6 is 0 Å². The van der Waals surface area contributed by atoms with E-state index in [0.717, 1.165) is 61.2 Å². The number of nitrogens with zero attached hydrogens (tertiary/aromatic N) is 1. The number of ketones is 1. The van der Waals surface area contributed by atoms with Gasteiger partial charge in [-0.1, -0.05) is 26.8 Å². The second kappa shape index (κ2) is 10.7. The van der Waals surface area contributed by atoms with E-state index in [1.165, 1.54) is 51.4 Å². The minimum Gasteiger partial charge on any atom is -0.400 e. The summed E-state index contributed by atoms with van der Waals surface area (Å²) in [5.41, 5.74) is 7.79. The first-order valence-electron chi connectivity index (χ1n) is 14.0. The van der Waals surface area contributed by atoms with E-state index < -0.39 is 0 Å². The second-order valence-electron chi connectivity index (χ2n) is 12.2. The molecule has 0 aromatic carbocycles. The van der Waals surface area contributed by atoms with Crippen molar-refractivity contribution in [2.45, 2.75) is 84.5 Å². The van der Waals surface area contributed by atoms with Gasteiger partial charge in [0.1, 0.15) is 0 Å². The van der Waals surface area contributed by atoms with Gasteiger partial charge in [0.2, 0.25) is 0 Å². The van der Waals surface area contributed by atoms with Crippen LogP contribution in [0.2, 0.25) is 0 Å². The predicted octanol–water partition coefficient (Wildman–Crippen LogP) is 5.42. The standard InChI is InChI=1S/C29H49N3O2/c1-5-7-26(30)27(6-2)32(31)17-28(33)25-13-12-24-23-11-9-20-16-19(18-34-4)8-10-21(20)22(23)14-15-29(24,25)3/h6,19-25H,2,5,7-18,30-31H2,1,3-4H3/b27-26-/t19-,20+,21-,22?,23+,24?,25+,29-/m0/s1. The number of rotatable bonds is 9. The van der Waals surface area contributed by atoms with Gasteiger partial charge in [0.15, 0.2) is 5.78 Å². The van der Waals surface area contributed by atoms with Crippen molar-refractivity contribution >= 4 is 5.78 Å². The van der Waals surface area contributed by atoms with Gasteiger partial charge < -0.3 is 15.5 Å². The number of carbonyl (C=O) groups is 1. The van der Waals surface area contributed by atoms with Crippen LogP contribution in [0.25, 0.3) is 0 Å². The van der Waals surface area contributed by atoms with Crippen LogP contribution in [0.3, 0.4) is 0 Å². The minimum atomic E-state index is 0.123. The molecule has 34 heavy (non-hydrogen) atoms. The first kappa shape index (κ1) is 25.8. The van der Waals surface area contributed by atoms with Crippen LogP contribution in [0.1, 0.15) is 84.5 Å². The molecule has 4 rings (SSSR count). The highest BCUT2D eigenvalue weighted by Crippen LogP contribution is 2.64. The maximum absolute atomic E-state index is 13.6. The van der Waals surface area contributed by atoms with Gasteiger partial charge in [-0.15, -0.1) is 0 Å². The molecule has 5 heteroatoms. The first-order chi connectivity index (χ1) is 16.3. The average molecular weight is 472 g/mol. The number of hydrazine groups is 1. The van der Waals surface area contributed by atoms with Gasteiger partial charge in [-0.25, -0.2) is 5.84 Å². The van der Waals surface area contributed by atoms with E-state index in [1.54, 1.807) is 11.1 Å². The summed E-state index contributed by atoms with van der Waals surface area (Å²) in [6, 6.07) is 0. The molecule has 0 amide bonds. The molecule has 4 saturated carbocycles. The Kier molecular flexibility index (Phi) is 8.13. The third kappa shape index (κ3) is 4.72. The zero-order chi connectivity index (χ0) is 24.5.